The van der Waals surface area contributed by atoms with E-state index in [2.05, 4.69) is 22.6 Å². The Bertz CT molecular complexity index is 553. The fraction of sp³-hybridized carbons (Fsp3) is 0.200. The molecular formula is C15H14FIO2. The average molecular weight is 372 g/mol. The molecule has 0 saturated carbocycles. The van der Waals surface area contributed by atoms with Crippen molar-refractivity contribution < 1.29 is 14.2 Å². The SMILES string of the molecule is CC(O)c1ccc(OCc2ccc(I)cc2)cc1F. The van der Waals surface area contributed by atoms with Crippen molar-refractivity contribution in [2.75, 3.05) is 0 Å². The molecule has 0 aliphatic carbocycles. The molecule has 2 aromatic carbocycles. The van der Waals surface area contributed by atoms with Gasteiger partial charge in [0.05, 0.1) is 6.10 Å². The number of aliphatic hydroxyl groups is 1. The molecule has 2 nitrogen and oxygen atoms in total. The summed E-state index contributed by atoms with van der Waals surface area (Å²) in [6, 6.07) is 12.5. The van der Waals surface area contributed by atoms with E-state index in [-0.39, 0.29) is 5.56 Å². The van der Waals surface area contributed by atoms with Crippen LogP contribution in [0, 0.1) is 9.39 Å². The number of halogens is 2. The predicted molar refractivity (Wildman–Crippen MR) is 80.5 cm³/mol. The number of benzene rings is 2. The number of hydrogen-bond donors (Lipinski definition) is 1. The summed E-state index contributed by atoms with van der Waals surface area (Å²) in [6.07, 6.45) is -0.815. The monoisotopic (exact) mass is 372 g/mol. The highest BCUT2D eigenvalue weighted by atomic mass is 127. The normalized spacial score (nSPS) is 12.2. The fourth-order valence-corrected chi connectivity index (χ4v) is 2.04. The quantitative estimate of drug-likeness (QED) is 0.821. The first-order valence-electron chi connectivity index (χ1n) is 5.91. The second-order valence-corrected chi connectivity index (χ2v) is 5.52. The minimum atomic E-state index is -0.815. The summed E-state index contributed by atoms with van der Waals surface area (Å²) in [4.78, 5) is 0. The summed E-state index contributed by atoms with van der Waals surface area (Å²) in [7, 11) is 0. The molecule has 0 aliphatic heterocycles. The van der Waals surface area contributed by atoms with Gasteiger partial charge in [-0.25, -0.2) is 4.39 Å². The van der Waals surface area contributed by atoms with Gasteiger partial charge in [-0.3, -0.25) is 0 Å². The molecule has 0 aliphatic rings. The molecule has 1 N–H and O–H groups in total. The van der Waals surface area contributed by atoms with Gasteiger partial charge in [-0.15, -0.1) is 0 Å². The van der Waals surface area contributed by atoms with E-state index in [1.807, 2.05) is 24.3 Å². The van der Waals surface area contributed by atoms with Gasteiger partial charge < -0.3 is 9.84 Å². The second kappa shape index (κ2) is 6.34. The standard InChI is InChI=1S/C15H14FIO2/c1-10(18)14-7-6-13(8-15(14)16)19-9-11-2-4-12(17)5-3-11/h2-8,10,18H,9H2,1H3. The first-order chi connectivity index (χ1) is 9.06. The van der Waals surface area contributed by atoms with Gasteiger partial charge in [0.15, 0.2) is 0 Å². The summed E-state index contributed by atoms with van der Waals surface area (Å²) in [5, 5.41) is 9.35. The first-order valence-corrected chi connectivity index (χ1v) is 6.99. The third-order valence-electron chi connectivity index (χ3n) is 2.74. The molecule has 100 valence electrons. The van der Waals surface area contributed by atoms with E-state index in [0.29, 0.717) is 12.4 Å². The molecule has 0 fully saturated rings. The molecule has 0 saturated heterocycles. The van der Waals surface area contributed by atoms with Gasteiger partial charge in [-0.2, -0.15) is 0 Å². The highest BCUT2D eigenvalue weighted by Gasteiger charge is 2.09. The van der Waals surface area contributed by atoms with Crippen molar-refractivity contribution in [3.05, 3.63) is 63.0 Å². The van der Waals surface area contributed by atoms with E-state index in [1.54, 1.807) is 12.1 Å². The van der Waals surface area contributed by atoms with Crippen LogP contribution in [-0.2, 0) is 6.61 Å². The van der Waals surface area contributed by atoms with Gasteiger partial charge >= 0.3 is 0 Å². The van der Waals surface area contributed by atoms with Crippen LogP contribution in [0.5, 0.6) is 5.75 Å². The molecule has 0 heterocycles. The third-order valence-corrected chi connectivity index (χ3v) is 3.46. The summed E-state index contributed by atoms with van der Waals surface area (Å²) in [5.74, 6) is 0.00978. The minimum absolute atomic E-state index is 0.279. The lowest BCUT2D eigenvalue weighted by Crippen LogP contribution is -1.99. The molecule has 0 radical (unpaired) electrons. The molecule has 2 rings (SSSR count). The predicted octanol–water partition coefficient (Wildman–Crippen LogP) is 4.06. The van der Waals surface area contributed by atoms with Crippen LogP contribution in [0.2, 0.25) is 0 Å². The summed E-state index contributed by atoms with van der Waals surface area (Å²) >= 11 is 2.24. The van der Waals surface area contributed by atoms with Crippen LogP contribution in [0.1, 0.15) is 24.2 Å². The zero-order valence-corrected chi connectivity index (χ0v) is 12.6. The number of aliphatic hydroxyl groups excluding tert-OH is 1. The van der Waals surface area contributed by atoms with Crippen molar-refractivity contribution in [3.8, 4) is 5.75 Å². The van der Waals surface area contributed by atoms with Crippen LogP contribution < -0.4 is 4.74 Å². The van der Waals surface area contributed by atoms with Crippen molar-refractivity contribution >= 4 is 22.6 Å². The lowest BCUT2D eigenvalue weighted by molar-refractivity contribution is 0.194. The van der Waals surface area contributed by atoms with Gasteiger partial charge in [0.2, 0.25) is 0 Å². The van der Waals surface area contributed by atoms with Crippen molar-refractivity contribution in [2.24, 2.45) is 0 Å². The summed E-state index contributed by atoms with van der Waals surface area (Å²) in [6.45, 7) is 1.93. The Hall–Kier alpha value is -1.14. The maximum Gasteiger partial charge on any atom is 0.132 e. The molecule has 1 unspecified atom stereocenters. The average Bonchev–Trinajstić information content (AvgIpc) is 2.37. The molecule has 1 atom stereocenters. The van der Waals surface area contributed by atoms with Gasteiger partial charge in [0.25, 0.3) is 0 Å². The first kappa shape index (κ1) is 14.3. The van der Waals surface area contributed by atoms with Crippen LogP contribution >= 0.6 is 22.6 Å². The third kappa shape index (κ3) is 3.91. The Kier molecular flexibility index (Phi) is 4.76. The topological polar surface area (TPSA) is 29.5 Å². The molecule has 4 heteroatoms. The lowest BCUT2D eigenvalue weighted by atomic mass is 10.1. The van der Waals surface area contributed by atoms with Crippen LogP contribution in [-0.4, -0.2) is 5.11 Å². The largest absolute Gasteiger partial charge is 0.489 e. The summed E-state index contributed by atoms with van der Waals surface area (Å²) < 4.78 is 20.3. The maximum atomic E-state index is 13.6. The number of rotatable bonds is 4. The smallest absolute Gasteiger partial charge is 0.132 e. The zero-order chi connectivity index (χ0) is 13.8. The van der Waals surface area contributed by atoms with E-state index in [1.165, 1.54) is 13.0 Å². The molecular weight excluding hydrogens is 358 g/mol. The van der Waals surface area contributed by atoms with Crippen molar-refractivity contribution in [3.63, 3.8) is 0 Å². The highest BCUT2D eigenvalue weighted by molar-refractivity contribution is 14.1. The zero-order valence-electron chi connectivity index (χ0n) is 10.4. The van der Waals surface area contributed by atoms with Crippen LogP contribution in [0.4, 0.5) is 4.39 Å². The molecule has 19 heavy (non-hydrogen) atoms. The molecule has 0 aromatic heterocycles. The Morgan fingerprint density at radius 2 is 1.89 bits per heavy atom. The maximum absolute atomic E-state index is 13.6. The lowest BCUT2D eigenvalue weighted by Gasteiger charge is -2.10. The molecule has 0 amide bonds. The van der Waals surface area contributed by atoms with Crippen molar-refractivity contribution in [1.29, 1.82) is 0 Å². The Morgan fingerprint density at radius 3 is 2.47 bits per heavy atom. The molecule has 0 spiro atoms. The van der Waals surface area contributed by atoms with Crippen molar-refractivity contribution in [2.45, 2.75) is 19.6 Å². The van der Waals surface area contributed by atoms with Crippen molar-refractivity contribution in [1.82, 2.24) is 0 Å². The van der Waals surface area contributed by atoms with Crippen LogP contribution in [0.3, 0.4) is 0 Å². The van der Waals surface area contributed by atoms with E-state index in [9.17, 15) is 9.50 Å². The minimum Gasteiger partial charge on any atom is -0.489 e. The van der Waals surface area contributed by atoms with Gasteiger partial charge in [0, 0.05) is 15.2 Å². The van der Waals surface area contributed by atoms with E-state index in [4.69, 9.17) is 4.74 Å². The Morgan fingerprint density at radius 1 is 1.21 bits per heavy atom. The van der Waals surface area contributed by atoms with E-state index >= 15 is 0 Å². The van der Waals surface area contributed by atoms with E-state index < -0.39 is 11.9 Å². The van der Waals surface area contributed by atoms with Crippen LogP contribution in [0.25, 0.3) is 0 Å². The molecule has 0 bridgehead atoms. The summed E-state index contributed by atoms with van der Waals surface area (Å²) in [5.41, 5.74) is 1.31. The van der Waals surface area contributed by atoms with E-state index in [0.717, 1.165) is 9.13 Å². The second-order valence-electron chi connectivity index (χ2n) is 4.27. The molecule has 2 aromatic rings. The van der Waals surface area contributed by atoms with Gasteiger partial charge in [-0.05, 0) is 59.3 Å². The van der Waals surface area contributed by atoms with Crippen LogP contribution in [0.15, 0.2) is 42.5 Å². The Labute approximate surface area is 125 Å². The Balaban J connectivity index is 2.04. The highest BCUT2D eigenvalue weighted by Crippen LogP contribution is 2.22. The van der Waals surface area contributed by atoms with Gasteiger partial charge in [0.1, 0.15) is 18.2 Å². The number of ether oxygens (including phenoxy) is 1. The van der Waals surface area contributed by atoms with Gasteiger partial charge in [-0.1, -0.05) is 12.1 Å². The fourth-order valence-electron chi connectivity index (χ4n) is 1.68. The number of hydrogen-bond acceptors (Lipinski definition) is 2.